The molecule has 0 radical (unpaired) electrons. The van der Waals surface area contributed by atoms with E-state index in [0.29, 0.717) is 24.1 Å². The fourth-order valence-electron chi connectivity index (χ4n) is 10.2. The Morgan fingerprint density at radius 2 is 1.21 bits per heavy atom. The number of aromatic hydroxyl groups is 1. The molecule has 0 spiro atoms. The van der Waals surface area contributed by atoms with Gasteiger partial charge in [0, 0.05) is 44.2 Å². The number of aliphatic hydroxyl groups is 1. The molecule has 0 aliphatic carbocycles. The van der Waals surface area contributed by atoms with Crippen LogP contribution in [0, 0.1) is 11.8 Å². The number of carboxylic acid groups (broad SMARTS) is 2. The molecule has 2 heterocycles. The number of nitrogens with zero attached hydrogens (tertiary/aromatic N) is 3. The Balaban J connectivity index is 1.77. The minimum absolute atomic E-state index is 0.00447. The van der Waals surface area contributed by atoms with E-state index in [0.717, 1.165) is 18.7 Å². The number of aliphatic imine (C=N–C) groups is 1. The standard InChI is InChI=1S/C61H97N19O18/c1-30(2)23-41(76-55(92)42(24-34-14-16-36(82)17-15-34)75-51(88)37(63)25-35-27-67-29-70-35)54(91)72-38(11-7-8-20-62)53(90)77-43(26-45(64)83)56(93)78-48(31(3)4)59(96)73-39(18-19-47(85)86)52(89)71-32(5)50(87)79-49(33(6)81)58(95)69-28-46(84)80-22-10-13-44(80)57(94)74-40(60(97)98)12-9-21-68-61(65)66/h14-17,27,29-33,37-44,48-49,81-82H,7-13,18-26,28,62-63H2,1-6H3,(H2,64,83)(H,67,70)(H,69,95)(H,71,89)(H,72,91)(H,73,96)(H,74,94)(H,75,88)(H,76,92)(H,77,90)(H,78,93)(H,79,87)(H,85,86)(H,97,98)(H4,65,66,68)/t32-,33+,37-,38-,39-,40-,41-,42-,43-,44-,48-,49-/m0/s1. The zero-order chi connectivity index (χ0) is 73.5. The van der Waals surface area contributed by atoms with E-state index in [9.17, 15) is 87.5 Å². The summed E-state index contributed by atoms with van der Waals surface area (Å²) in [5.41, 5.74) is 29.2. The van der Waals surface area contributed by atoms with Gasteiger partial charge in [0.1, 0.15) is 66.2 Å². The quantitative estimate of drug-likeness (QED) is 0.0167. The number of guanidine groups is 1. The van der Waals surface area contributed by atoms with Crippen molar-refractivity contribution in [3.63, 3.8) is 0 Å². The summed E-state index contributed by atoms with van der Waals surface area (Å²) >= 11 is 0. The zero-order valence-electron chi connectivity index (χ0n) is 55.8. The Labute approximate surface area is 565 Å². The first-order valence-corrected chi connectivity index (χ1v) is 32.1. The third-order valence-corrected chi connectivity index (χ3v) is 15.5. The third kappa shape index (κ3) is 28.7. The van der Waals surface area contributed by atoms with Crippen LogP contribution < -0.4 is 81.8 Å². The van der Waals surface area contributed by atoms with Gasteiger partial charge in [-0.05, 0) is 108 Å². The Morgan fingerprint density at radius 1 is 0.643 bits per heavy atom. The highest BCUT2D eigenvalue weighted by atomic mass is 16.4. The average Bonchev–Trinajstić information content (AvgIpc) is 1.83. The van der Waals surface area contributed by atoms with E-state index < -0.39 is 187 Å². The molecule has 12 atom stereocenters. The Hall–Kier alpha value is -10.0. The first-order chi connectivity index (χ1) is 46.1. The summed E-state index contributed by atoms with van der Waals surface area (Å²) in [5, 5.41) is 64.2. The number of phenolic OH excluding ortho intramolecular Hbond substituents is 1. The molecule has 1 saturated heterocycles. The molecule has 98 heavy (non-hydrogen) atoms. The van der Waals surface area contributed by atoms with Gasteiger partial charge in [-0.1, -0.05) is 39.8 Å². The number of aliphatic carboxylic acids is 2. The van der Waals surface area contributed by atoms with Crippen LogP contribution >= 0.6 is 0 Å². The lowest BCUT2D eigenvalue weighted by molar-refractivity contribution is -0.144. The second-order valence-electron chi connectivity index (χ2n) is 24.6. The minimum Gasteiger partial charge on any atom is -0.508 e. The summed E-state index contributed by atoms with van der Waals surface area (Å²) < 4.78 is 0. The number of carbonyl (C=O) groups is 14. The number of rotatable bonds is 43. The molecule has 25 N–H and O–H groups in total. The van der Waals surface area contributed by atoms with Gasteiger partial charge in [-0.2, -0.15) is 0 Å². The Bertz CT molecular complexity index is 3090. The molecule has 2 aromatic rings. The largest absolute Gasteiger partial charge is 0.508 e. The van der Waals surface area contributed by atoms with Gasteiger partial charge in [0.15, 0.2) is 5.96 Å². The van der Waals surface area contributed by atoms with E-state index in [1.54, 1.807) is 13.8 Å². The molecule has 0 bridgehead atoms. The Kier molecular flexibility index (Phi) is 34.5. The van der Waals surface area contributed by atoms with Crippen LogP contribution in [0.2, 0.25) is 0 Å². The molecule has 12 amide bonds. The highest BCUT2D eigenvalue weighted by molar-refractivity contribution is 6.00. The third-order valence-electron chi connectivity index (χ3n) is 15.5. The van der Waals surface area contributed by atoms with E-state index in [2.05, 4.69) is 68.1 Å². The molecule has 1 aromatic carbocycles. The number of benzene rings is 1. The number of hydrogen-bond acceptors (Lipinski definition) is 20. The second-order valence-corrected chi connectivity index (χ2v) is 24.6. The highest BCUT2D eigenvalue weighted by Crippen LogP contribution is 2.19. The maximum atomic E-state index is 14.3. The number of aromatic amines is 1. The number of unbranched alkanes of at least 4 members (excludes halogenated alkanes) is 1. The lowest BCUT2D eigenvalue weighted by Crippen LogP contribution is -2.61. The number of carboxylic acids is 2. The predicted octanol–water partition coefficient (Wildman–Crippen LogP) is -6.19. The van der Waals surface area contributed by atoms with E-state index in [1.807, 2.05) is 0 Å². The summed E-state index contributed by atoms with van der Waals surface area (Å²) in [4.78, 5) is 200. The summed E-state index contributed by atoms with van der Waals surface area (Å²) in [6, 6.07) is -10.4. The van der Waals surface area contributed by atoms with Crippen LogP contribution in [0.5, 0.6) is 5.75 Å². The molecule has 1 aromatic heterocycles. The number of aromatic nitrogens is 2. The number of imidazole rings is 1. The number of amides is 12. The predicted molar refractivity (Wildman–Crippen MR) is 350 cm³/mol. The van der Waals surface area contributed by atoms with Gasteiger partial charge in [0.2, 0.25) is 70.9 Å². The van der Waals surface area contributed by atoms with E-state index in [1.165, 1.54) is 50.6 Å². The van der Waals surface area contributed by atoms with Crippen LogP contribution in [0.4, 0.5) is 0 Å². The van der Waals surface area contributed by atoms with E-state index in [4.69, 9.17) is 28.7 Å². The van der Waals surface area contributed by atoms with Crippen molar-refractivity contribution in [1.82, 2.24) is 68.0 Å². The lowest BCUT2D eigenvalue weighted by Gasteiger charge is -2.29. The molecule has 0 saturated carbocycles. The number of phenols is 1. The fraction of sp³-hybridized carbons (Fsp3) is 0.607. The molecule has 1 aliphatic rings. The normalized spacial score (nSPS) is 16.1. The van der Waals surface area contributed by atoms with Crippen molar-refractivity contribution < 1.29 is 87.5 Å². The number of hydrogen-bond donors (Lipinski definition) is 20. The molecule has 0 unspecified atom stereocenters. The maximum Gasteiger partial charge on any atom is 0.326 e. The van der Waals surface area contributed by atoms with Gasteiger partial charge in [0.05, 0.1) is 31.4 Å². The van der Waals surface area contributed by atoms with E-state index >= 15 is 0 Å². The number of nitrogens with one attached hydrogen (secondary N) is 11. The van der Waals surface area contributed by atoms with Crippen molar-refractivity contribution >= 4 is 88.8 Å². The molecule has 37 heteroatoms. The number of carbonyl (C=O) groups excluding carboxylic acids is 12. The molecule has 1 aliphatic heterocycles. The van der Waals surface area contributed by atoms with Crippen molar-refractivity contribution in [1.29, 1.82) is 0 Å². The molecule has 37 nitrogen and oxygen atoms in total. The van der Waals surface area contributed by atoms with Crippen LogP contribution in [0.25, 0.3) is 0 Å². The van der Waals surface area contributed by atoms with E-state index in [-0.39, 0.29) is 88.6 Å². The molecule has 1 fully saturated rings. The van der Waals surface area contributed by atoms with Gasteiger partial charge >= 0.3 is 11.9 Å². The number of H-pyrrole nitrogens is 1. The monoisotopic (exact) mass is 1380 g/mol. The molecule has 3 rings (SSSR count). The van der Waals surface area contributed by atoms with Crippen molar-refractivity contribution in [2.45, 2.75) is 198 Å². The van der Waals surface area contributed by atoms with Crippen molar-refractivity contribution in [3.8, 4) is 5.75 Å². The number of nitrogens with two attached hydrogens (primary N) is 5. The van der Waals surface area contributed by atoms with Gasteiger partial charge < -0.3 is 112 Å². The first-order valence-electron chi connectivity index (χ1n) is 32.1. The summed E-state index contributed by atoms with van der Waals surface area (Å²) in [7, 11) is 0. The summed E-state index contributed by atoms with van der Waals surface area (Å²) in [5.74, 6) is -15.7. The lowest BCUT2D eigenvalue weighted by atomic mass is 9.99. The van der Waals surface area contributed by atoms with Crippen LogP contribution in [0.15, 0.2) is 41.8 Å². The van der Waals surface area contributed by atoms with Crippen molar-refractivity contribution in [2.75, 3.05) is 26.2 Å². The molecule has 544 valence electrons. The zero-order valence-corrected chi connectivity index (χ0v) is 55.8. The molecular weight excluding hydrogens is 1290 g/mol. The number of aliphatic hydroxyl groups excluding tert-OH is 1. The molecular formula is C61H97N19O18. The van der Waals surface area contributed by atoms with Crippen LogP contribution in [-0.4, -0.2) is 223 Å². The van der Waals surface area contributed by atoms with Gasteiger partial charge in [0.25, 0.3) is 0 Å². The van der Waals surface area contributed by atoms with Gasteiger partial charge in [-0.25, -0.2) is 9.78 Å². The SMILES string of the molecule is CC(C)C[C@H](NC(=O)[C@H](Cc1ccc(O)cc1)NC(=O)[C@@H](N)Cc1cnc[nH]1)C(=O)N[C@@H](CCCCN)C(=O)N[C@@H](CC(N)=O)C(=O)N[C@H](C(=O)N[C@@H](CCC(=O)O)C(=O)N[C@@H](C)C(=O)N[C@H](C(=O)NCC(=O)N1CCC[C@H]1C(=O)N[C@@H](CCCN=C(N)N)C(=O)O)[C@@H](C)O)C(C)C. The number of primary amides is 1. The topological polar surface area (TPSA) is 615 Å². The first kappa shape index (κ1) is 82.2. The summed E-state index contributed by atoms with van der Waals surface area (Å²) in [6.07, 6.45) is 0.184. The van der Waals surface area contributed by atoms with Crippen molar-refractivity contribution in [2.24, 2.45) is 45.5 Å². The Morgan fingerprint density at radius 3 is 1.80 bits per heavy atom. The second kappa shape index (κ2) is 41.2. The van der Waals surface area contributed by atoms with Crippen LogP contribution in [-0.2, 0) is 80.0 Å². The fourth-order valence-corrected chi connectivity index (χ4v) is 10.2. The smallest absolute Gasteiger partial charge is 0.326 e. The number of likely N-dealkylation sites (tertiary alicyclic amines) is 1. The van der Waals surface area contributed by atoms with Crippen LogP contribution in [0.1, 0.15) is 123 Å². The van der Waals surface area contributed by atoms with Crippen molar-refractivity contribution in [3.05, 3.63) is 48.0 Å². The van der Waals surface area contributed by atoms with Crippen LogP contribution in [0.3, 0.4) is 0 Å². The van der Waals surface area contributed by atoms with Gasteiger partial charge in [-0.15, -0.1) is 0 Å². The van der Waals surface area contributed by atoms with Gasteiger partial charge in [-0.3, -0.25) is 67.3 Å². The highest BCUT2D eigenvalue weighted by Gasteiger charge is 2.39. The maximum absolute atomic E-state index is 14.3. The minimum atomic E-state index is -1.83. The average molecular weight is 1380 g/mol. The summed E-state index contributed by atoms with van der Waals surface area (Å²) in [6.45, 7) is 8.33.